The average molecular weight is 440 g/mol. The van der Waals surface area contributed by atoms with E-state index in [0.29, 0.717) is 17.1 Å². The fourth-order valence-electron chi connectivity index (χ4n) is 2.75. The molecule has 0 fully saturated rings. The van der Waals surface area contributed by atoms with Crippen LogP contribution in [0.15, 0.2) is 53.4 Å². The third-order valence-electron chi connectivity index (χ3n) is 4.37. The fourth-order valence-corrected chi connectivity index (χ4v) is 4.03. The molecule has 2 rings (SSSR count). The van der Waals surface area contributed by atoms with Crippen molar-refractivity contribution >= 4 is 27.5 Å². The number of hydrogen-bond acceptors (Lipinski definition) is 5. The summed E-state index contributed by atoms with van der Waals surface area (Å²) in [5.74, 6) is -0.291. The molecule has 0 unspecified atom stereocenters. The molecule has 29 heavy (non-hydrogen) atoms. The molecule has 158 valence electrons. The lowest BCUT2D eigenvalue weighted by Crippen LogP contribution is -2.34. The number of methoxy groups -OCH3 is 1. The zero-order chi connectivity index (χ0) is 21.4. The van der Waals surface area contributed by atoms with Crippen LogP contribution in [0.2, 0.25) is 5.02 Å². The molecule has 1 atom stereocenters. The predicted molar refractivity (Wildman–Crippen MR) is 114 cm³/mol. The highest BCUT2D eigenvalue weighted by Crippen LogP contribution is 2.25. The zero-order valence-corrected chi connectivity index (χ0v) is 18.3. The Balaban J connectivity index is 2.04. The SMILES string of the molecule is COCCNS(=O)(=O)c1ccc(C(=O)NC[C@@H](c2ccccc2Cl)N(C)C)cc1. The maximum atomic E-state index is 12.5. The third-order valence-corrected chi connectivity index (χ3v) is 6.19. The molecule has 0 bridgehead atoms. The van der Waals surface area contributed by atoms with Crippen molar-refractivity contribution in [2.75, 3.05) is 40.9 Å². The van der Waals surface area contributed by atoms with Gasteiger partial charge in [0.1, 0.15) is 0 Å². The minimum absolute atomic E-state index is 0.0902. The number of rotatable bonds is 10. The Morgan fingerprint density at radius 2 is 1.79 bits per heavy atom. The molecule has 2 N–H and O–H groups in total. The van der Waals surface area contributed by atoms with E-state index < -0.39 is 10.0 Å². The Morgan fingerprint density at radius 1 is 1.14 bits per heavy atom. The van der Waals surface area contributed by atoms with Gasteiger partial charge in [0.2, 0.25) is 10.0 Å². The summed E-state index contributed by atoms with van der Waals surface area (Å²) in [4.78, 5) is 14.6. The summed E-state index contributed by atoms with van der Waals surface area (Å²) < 4.78 is 31.6. The molecule has 0 radical (unpaired) electrons. The van der Waals surface area contributed by atoms with Crippen LogP contribution in [-0.2, 0) is 14.8 Å². The minimum Gasteiger partial charge on any atom is -0.383 e. The van der Waals surface area contributed by atoms with Gasteiger partial charge in [-0.3, -0.25) is 4.79 Å². The van der Waals surface area contributed by atoms with Crippen molar-refractivity contribution < 1.29 is 17.9 Å². The third kappa shape index (κ3) is 6.52. The summed E-state index contributed by atoms with van der Waals surface area (Å²) in [6, 6.07) is 13.2. The van der Waals surface area contributed by atoms with Crippen LogP contribution in [0.1, 0.15) is 22.0 Å². The highest BCUT2D eigenvalue weighted by atomic mass is 35.5. The lowest BCUT2D eigenvalue weighted by Gasteiger charge is -2.26. The van der Waals surface area contributed by atoms with Crippen molar-refractivity contribution in [3.8, 4) is 0 Å². The molecule has 0 aromatic heterocycles. The van der Waals surface area contributed by atoms with E-state index in [9.17, 15) is 13.2 Å². The Labute approximate surface area is 177 Å². The molecule has 0 spiro atoms. The first-order valence-corrected chi connectivity index (χ1v) is 10.9. The number of benzene rings is 2. The number of nitrogens with one attached hydrogen (secondary N) is 2. The van der Waals surface area contributed by atoms with Crippen LogP contribution in [0.5, 0.6) is 0 Å². The van der Waals surface area contributed by atoms with E-state index in [4.69, 9.17) is 16.3 Å². The van der Waals surface area contributed by atoms with Gasteiger partial charge in [0.15, 0.2) is 0 Å². The number of nitrogens with zero attached hydrogens (tertiary/aromatic N) is 1. The maximum Gasteiger partial charge on any atom is 0.251 e. The van der Waals surface area contributed by atoms with Crippen LogP contribution < -0.4 is 10.0 Å². The van der Waals surface area contributed by atoms with E-state index in [-0.39, 0.29) is 30.0 Å². The Hall–Kier alpha value is -1.97. The molecule has 0 aliphatic heterocycles. The van der Waals surface area contributed by atoms with Gasteiger partial charge in [-0.05, 0) is 50.0 Å². The Morgan fingerprint density at radius 3 is 2.38 bits per heavy atom. The van der Waals surface area contributed by atoms with E-state index in [1.807, 2.05) is 43.3 Å². The molecule has 0 heterocycles. The first-order chi connectivity index (χ1) is 13.8. The van der Waals surface area contributed by atoms with Crippen molar-refractivity contribution in [1.82, 2.24) is 14.9 Å². The van der Waals surface area contributed by atoms with Crippen LogP contribution in [0, 0.1) is 0 Å². The summed E-state index contributed by atoms with van der Waals surface area (Å²) in [5.41, 5.74) is 1.29. The monoisotopic (exact) mass is 439 g/mol. The topological polar surface area (TPSA) is 87.7 Å². The fraction of sp³-hybridized carbons (Fsp3) is 0.350. The van der Waals surface area contributed by atoms with Crippen LogP contribution in [0.4, 0.5) is 0 Å². The quantitative estimate of drug-likeness (QED) is 0.554. The van der Waals surface area contributed by atoms with Crippen LogP contribution in [-0.4, -0.2) is 60.1 Å². The molecule has 7 nitrogen and oxygen atoms in total. The van der Waals surface area contributed by atoms with Crippen LogP contribution in [0.3, 0.4) is 0 Å². The van der Waals surface area contributed by atoms with E-state index in [2.05, 4.69) is 10.0 Å². The molecule has 0 saturated heterocycles. The lowest BCUT2D eigenvalue weighted by molar-refractivity contribution is 0.0942. The second kappa shape index (κ2) is 10.7. The molecule has 9 heteroatoms. The van der Waals surface area contributed by atoms with Gasteiger partial charge in [-0.25, -0.2) is 13.1 Å². The number of ether oxygens (including phenoxy) is 1. The number of amides is 1. The predicted octanol–water partition coefficient (Wildman–Crippen LogP) is 2.30. The van der Waals surface area contributed by atoms with Crippen molar-refractivity contribution in [3.05, 3.63) is 64.7 Å². The van der Waals surface area contributed by atoms with Gasteiger partial charge < -0.3 is 15.0 Å². The summed E-state index contributed by atoms with van der Waals surface area (Å²) in [6.07, 6.45) is 0. The lowest BCUT2D eigenvalue weighted by atomic mass is 10.1. The first kappa shape index (κ1) is 23.3. The summed E-state index contributed by atoms with van der Waals surface area (Å²) in [6.45, 7) is 0.807. The molecular formula is C20H26ClN3O4S. The van der Waals surface area contributed by atoms with Gasteiger partial charge in [-0.1, -0.05) is 29.8 Å². The first-order valence-electron chi connectivity index (χ1n) is 9.04. The molecule has 2 aromatic rings. The normalized spacial score (nSPS) is 12.7. The standard InChI is InChI=1S/C20H26ClN3O4S/c1-24(2)19(17-6-4-5-7-18(17)21)14-22-20(25)15-8-10-16(11-9-15)29(26,27)23-12-13-28-3/h4-11,19,23H,12-14H2,1-3H3,(H,22,25)/t19-/m0/s1. The van der Waals surface area contributed by atoms with Crippen molar-refractivity contribution in [3.63, 3.8) is 0 Å². The number of halogens is 1. The number of carbonyl (C=O) groups is 1. The van der Waals surface area contributed by atoms with Gasteiger partial charge in [0.05, 0.1) is 17.5 Å². The minimum atomic E-state index is -3.64. The Bertz CT molecular complexity index is 918. The Kier molecular flexibility index (Phi) is 8.60. The molecule has 0 aliphatic rings. The summed E-state index contributed by atoms with van der Waals surface area (Å²) >= 11 is 6.29. The number of likely N-dealkylation sites (N-methyl/N-ethyl adjacent to an activating group) is 1. The van der Waals surface area contributed by atoms with Crippen LogP contribution >= 0.6 is 11.6 Å². The summed E-state index contributed by atoms with van der Waals surface area (Å²) in [7, 11) is 1.68. The highest BCUT2D eigenvalue weighted by molar-refractivity contribution is 7.89. The molecular weight excluding hydrogens is 414 g/mol. The molecule has 1 amide bonds. The van der Waals surface area contributed by atoms with Gasteiger partial charge in [0, 0.05) is 30.8 Å². The zero-order valence-electron chi connectivity index (χ0n) is 16.7. The molecule has 0 saturated carbocycles. The second-order valence-electron chi connectivity index (χ2n) is 6.63. The van der Waals surface area contributed by atoms with E-state index in [1.54, 1.807) is 0 Å². The summed E-state index contributed by atoms with van der Waals surface area (Å²) in [5, 5.41) is 3.52. The van der Waals surface area contributed by atoms with Crippen molar-refractivity contribution in [2.45, 2.75) is 10.9 Å². The van der Waals surface area contributed by atoms with E-state index in [1.165, 1.54) is 31.4 Å². The van der Waals surface area contributed by atoms with E-state index in [0.717, 1.165) is 5.56 Å². The molecule has 0 aliphatic carbocycles. The largest absolute Gasteiger partial charge is 0.383 e. The number of hydrogen-bond donors (Lipinski definition) is 2. The number of sulfonamides is 1. The van der Waals surface area contributed by atoms with E-state index >= 15 is 0 Å². The van der Waals surface area contributed by atoms with Crippen LogP contribution in [0.25, 0.3) is 0 Å². The highest BCUT2D eigenvalue weighted by Gasteiger charge is 2.19. The maximum absolute atomic E-state index is 12.5. The van der Waals surface area contributed by atoms with Crippen molar-refractivity contribution in [2.24, 2.45) is 0 Å². The van der Waals surface area contributed by atoms with Gasteiger partial charge in [-0.15, -0.1) is 0 Å². The van der Waals surface area contributed by atoms with Gasteiger partial charge in [-0.2, -0.15) is 0 Å². The smallest absolute Gasteiger partial charge is 0.251 e. The van der Waals surface area contributed by atoms with Gasteiger partial charge in [0.25, 0.3) is 5.91 Å². The molecule has 2 aromatic carbocycles. The van der Waals surface area contributed by atoms with Crippen molar-refractivity contribution in [1.29, 1.82) is 0 Å². The van der Waals surface area contributed by atoms with Gasteiger partial charge >= 0.3 is 0 Å². The second-order valence-corrected chi connectivity index (χ2v) is 8.80. The average Bonchev–Trinajstić information content (AvgIpc) is 2.69. The number of carbonyl (C=O) groups excluding carboxylic acids is 1.